The van der Waals surface area contributed by atoms with Gasteiger partial charge in [0, 0.05) is 32.7 Å². The van der Waals surface area contributed by atoms with Crippen molar-refractivity contribution in [1.29, 1.82) is 0 Å². The molecule has 0 aromatic carbocycles. The minimum atomic E-state index is -1.17. The van der Waals surface area contributed by atoms with E-state index in [-0.39, 0.29) is 40.1 Å². The second kappa shape index (κ2) is 209. The molecule has 0 rings (SSSR count). The van der Waals surface area contributed by atoms with Crippen LogP contribution in [0.1, 0.15) is 89.0 Å². The minimum absolute atomic E-state index is 0. The molecule has 0 aliphatic rings. The summed E-state index contributed by atoms with van der Waals surface area (Å²) in [5.41, 5.74) is 0. The van der Waals surface area contributed by atoms with E-state index in [4.69, 9.17) is 30.1 Å². The predicted octanol–water partition coefficient (Wildman–Crippen LogP) is 6.42. The van der Waals surface area contributed by atoms with Gasteiger partial charge in [-0.2, -0.15) is 6.42 Å². The Kier molecular flexibility index (Phi) is 535. The second-order valence-corrected chi connectivity index (χ2v) is 3.40. The summed E-state index contributed by atoms with van der Waals surface area (Å²) in [5, 5.41) is 45.7. The summed E-state index contributed by atoms with van der Waals surface area (Å²) in [6.45, 7) is 43.7. The molecule has 6 N–H and O–H groups in total. The smallest absolute Gasteiger partial charge is 0.427 e. The molecule has 0 fully saturated rings. The van der Waals surface area contributed by atoms with Gasteiger partial charge < -0.3 is 37.1 Å². The van der Waals surface area contributed by atoms with Gasteiger partial charge in [-0.3, -0.25) is 0 Å². The Bertz CT molecular complexity index is 124. The van der Waals surface area contributed by atoms with E-state index in [1.165, 1.54) is 33.3 Å². The topological polar surface area (TPSA) is 121 Å². The Balaban J connectivity index is -0.0000000123. The first kappa shape index (κ1) is 84.3. The monoisotopic (exact) mass is 560 g/mol. The molecule has 0 spiro atoms. The molecule has 0 heterocycles. The fourth-order valence-electron chi connectivity index (χ4n) is 0. The minimum Gasteiger partial charge on any atom is -0.427 e. The van der Waals surface area contributed by atoms with Crippen LogP contribution in [-0.2, 0) is 32.7 Å². The van der Waals surface area contributed by atoms with Gasteiger partial charge in [-0.1, -0.05) is 82.6 Å². The standard InChI is InChI=1S/C4H10.C3H7.3C2H6.3C2H4.3CH5BO2.CH4.Y/c1-3-4-2;1-3-2;6*1-2;3*1-2(3)4;;/h3-4H2,1-2H3;1,3H2,2H3;3*1-2H3;3*1-2H2;3*3-4H,1H3;1H4;/q;-1;;;;;;;;;;;. The van der Waals surface area contributed by atoms with Crippen molar-refractivity contribution < 1.29 is 62.9 Å². The molecule has 0 aliphatic carbocycles. The van der Waals surface area contributed by atoms with Gasteiger partial charge in [0.15, 0.2) is 0 Å². The Labute approximate surface area is 239 Å². The third-order valence-corrected chi connectivity index (χ3v) is 0.500. The summed E-state index contributed by atoms with van der Waals surface area (Å²) in [7, 11) is -3.50. The summed E-state index contributed by atoms with van der Waals surface area (Å²) < 4.78 is 0. The molecule has 0 saturated heterocycles. The molecule has 0 bridgehead atoms. The molecule has 0 amide bonds. The largest absolute Gasteiger partial charge is 0.448 e. The van der Waals surface area contributed by atoms with Gasteiger partial charge in [-0.15, -0.1) is 39.5 Å². The quantitative estimate of drug-likeness (QED) is 0.125. The van der Waals surface area contributed by atoms with E-state index in [1.54, 1.807) is 0 Å². The van der Waals surface area contributed by atoms with Crippen molar-refractivity contribution in [2.75, 3.05) is 0 Å². The predicted molar refractivity (Wildman–Crippen MR) is 159 cm³/mol. The maximum atomic E-state index is 7.61. The summed E-state index contributed by atoms with van der Waals surface area (Å²) in [6.07, 6.45) is 3.64. The average molecular weight is 560 g/mol. The van der Waals surface area contributed by atoms with Crippen molar-refractivity contribution >= 4 is 21.4 Å². The average Bonchev–Trinajstić information content (AvgIpc) is 2.76. The van der Waals surface area contributed by atoms with E-state index in [1.807, 2.05) is 48.5 Å². The van der Waals surface area contributed by atoms with Gasteiger partial charge in [-0.25, -0.2) is 0 Å². The fourth-order valence-corrected chi connectivity index (χ4v) is 0. The first-order chi connectivity index (χ1) is 14.5. The van der Waals surface area contributed by atoms with Gasteiger partial charge in [0.2, 0.25) is 0 Å². The fraction of sp³-hybridized carbons (Fsp3) is 0.696. The molecule has 0 aliphatic heterocycles. The molecular formula is C23H66B3O6Y-. The van der Waals surface area contributed by atoms with Crippen molar-refractivity contribution in [3.05, 3.63) is 46.4 Å². The molecular weight excluding hydrogens is 494 g/mol. The van der Waals surface area contributed by atoms with Crippen LogP contribution in [0.2, 0.25) is 20.5 Å². The van der Waals surface area contributed by atoms with Crippen LogP contribution in [0.5, 0.6) is 0 Å². The van der Waals surface area contributed by atoms with Crippen LogP contribution < -0.4 is 0 Å². The SMILES string of the molecule is C.C=C.C=C.C=C.CB(O)O.CB(O)O.CB(O)O.CC.CC.CC.CCCC.[CH2-]CC.[Y]. The zero-order chi connectivity index (χ0) is 28.9. The molecule has 0 saturated carbocycles. The molecule has 6 nitrogen and oxygen atoms in total. The molecule has 0 unspecified atom stereocenters. The Morgan fingerprint density at radius 2 is 0.545 bits per heavy atom. The molecule has 207 valence electrons. The maximum Gasteiger partial charge on any atom is 0.448 e. The first-order valence-corrected chi connectivity index (χ1v) is 10.9. The molecule has 0 aromatic rings. The van der Waals surface area contributed by atoms with Crippen LogP contribution in [-0.4, -0.2) is 51.5 Å². The van der Waals surface area contributed by atoms with Gasteiger partial charge in [0.05, 0.1) is 0 Å². The second-order valence-electron chi connectivity index (χ2n) is 3.40. The van der Waals surface area contributed by atoms with Crippen LogP contribution in [0, 0.1) is 6.92 Å². The van der Waals surface area contributed by atoms with E-state index in [2.05, 4.69) is 60.2 Å². The zero-order valence-corrected chi connectivity index (χ0v) is 26.9. The van der Waals surface area contributed by atoms with Crippen LogP contribution >= 0.6 is 0 Å². The normalized spacial score (nSPS) is 4.82. The summed E-state index contributed by atoms with van der Waals surface area (Å²) in [4.78, 5) is 0. The van der Waals surface area contributed by atoms with E-state index >= 15 is 0 Å². The Morgan fingerprint density at radius 1 is 0.515 bits per heavy atom. The third-order valence-electron chi connectivity index (χ3n) is 0.500. The van der Waals surface area contributed by atoms with Crippen molar-refractivity contribution in [2.45, 2.75) is 109 Å². The van der Waals surface area contributed by atoms with E-state index in [0.717, 1.165) is 6.42 Å². The molecule has 33 heavy (non-hydrogen) atoms. The zero-order valence-electron chi connectivity index (χ0n) is 24.1. The van der Waals surface area contributed by atoms with Crippen molar-refractivity contribution in [3.63, 3.8) is 0 Å². The summed E-state index contributed by atoms with van der Waals surface area (Å²) >= 11 is 0. The molecule has 10 heteroatoms. The number of hydrogen-bond donors (Lipinski definition) is 6. The van der Waals surface area contributed by atoms with Gasteiger partial charge >= 0.3 is 21.4 Å². The molecule has 0 atom stereocenters. The van der Waals surface area contributed by atoms with Crippen LogP contribution in [0.15, 0.2) is 39.5 Å². The Hall–Kier alpha value is 0.279. The maximum absolute atomic E-state index is 7.61. The van der Waals surface area contributed by atoms with Gasteiger partial charge in [0.25, 0.3) is 0 Å². The van der Waals surface area contributed by atoms with Gasteiger partial charge in [0.1, 0.15) is 0 Å². The van der Waals surface area contributed by atoms with Crippen LogP contribution in [0.4, 0.5) is 0 Å². The van der Waals surface area contributed by atoms with E-state index in [0.29, 0.717) is 0 Å². The Morgan fingerprint density at radius 3 is 0.545 bits per heavy atom. The number of unbranched alkanes of at least 4 members (excludes halogenated alkanes) is 1. The van der Waals surface area contributed by atoms with Gasteiger partial charge in [-0.05, 0) is 20.5 Å². The molecule has 0 aromatic heterocycles. The number of rotatable bonds is 1. The van der Waals surface area contributed by atoms with E-state index in [9.17, 15) is 0 Å². The van der Waals surface area contributed by atoms with Crippen molar-refractivity contribution in [3.8, 4) is 0 Å². The van der Waals surface area contributed by atoms with E-state index < -0.39 is 21.4 Å². The molecule has 1 radical (unpaired) electrons. The number of hydrogen-bond acceptors (Lipinski definition) is 6. The van der Waals surface area contributed by atoms with Crippen molar-refractivity contribution in [1.82, 2.24) is 0 Å². The van der Waals surface area contributed by atoms with Crippen LogP contribution in [0.25, 0.3) is 0 Å². The summed E-state index contributed by atoms with van der Waals surface area (Å²) in [5.74, 6) is 0. The van der Waals surface area contributed by atoms with Crippen LogP contribution in [0.3, 0.4) is 0 Å². The van der Waals surface area contributed by atoms with Crippen molar-refractivity contribution in [2.24, 2.45) is 0 Å². The summed E-state index contributed by atoms with van der Waals surface area (Å²) in [6, 6.07) is 0. The third kappa shape index (κ3) is 18100. The first-order valence-electron chi connectivity index (χ1n) is 10.9.